The van der Waals surface area contributed by atoms with Crippen LogP contribution >= 0.6 is 0 Å². The topological polar surface area (TPSA) is 73.9 Å². The van der Waals surface area contributed by atoms with Gasteiger partial charge in [-0.05, 0) is 95.6 Å². The van der Waals surface area contributed by atoms with Gasteiger partial charge >= 0.3 is 0 Å². The van der Waals surface area contributed by atoms with Crippen LogP contribution in [-0.4, -0.2) is 81.1 Å². The van der Waals surface area contributed by atoms with E-state index in [4.69, 9.17) is 4.74 Å². The van der Waals surface area contributed by atoms with Gasteiger partial charge in [0.05, 0.1) is 18.5 Å². The minimum Gasteiger partial charge on any atom is -0.491 e. The number of rotatable bonds is 5. The predicted octanol–water partition coefficient (Wildman–Crippen LogP) is 2.84. The van der Waals surface area contributed by atoms with Gasteiger partial charge in [-0.15, -0.1) is 0 Å². The fourth-order valence-electron chi connectivity index (χ4n) is 6.06. The molecule has 1 unspecified atom stereocenters. The molecule has 1 aromatic carbocycles. The van der Waals surface area contributed by atoms with Crippen LogP contribution in [0.5, 0.6) is 5.75 Å². The molecule has 2 fully saturated rings. The standard InChI is InChI=1S/C28H44N4O3/c1-31-17-6-7-23(21-31)11-15-29-26(33)22-32-18-13-28(14-19-32)12-5-4-9-24-8-2-3-10-25(24)35-20-16-30-27(28)34/h2-3,8,10,23H,4-7,9,11-22H2,1H3,(H,29,33)(H,30,34). The van der Waals surface area contributed by atoms with Crippen LogP contribution in [0.3, 0.4) is 0 Å². The number of hydrogen-bond acceptors (Lipinski definition) is 5. The highest BCUT2D eigenvalue weighted by Gasteiger charge is 2.41. The van der Waals surface area contributed by atoms with Gasteiger partial charge in [-0.2, -0.15) is 0 Å². The maximum Gasteiger partial charge on any atom is 0.234 e. The van der Waals surface area contributed by atoms with Crippen molar-refractivity contribution in [2.75, 3.05) is 59.5 Å². The Balaban J connectivity index is 1.22. The zero-order chi connectivity index (χ0) is 24.5. The summed E-state index contributed by atoms with van der Waals surface area (Å²) in [5.41, 5.74) is 0.934. The van der Waals surface area contributed by atoms with Crippen molar-refractivity contribution in [1.82, 2.24) is 20.4 Å². The van der Waals surface area contributed by atoms with Crippen molar-refractivity contribution in [3.63, 3.8) is 0 Å². The lowest BCUT2D eigenvalue weighted by Gasteiger charge is -2.40. The van der Waals surface area contributed by atoms with Gasteiger partial charge < -0.3 is 20.3 Å². The molecule has 7 nitrogen and oxygen atoms in total. The second kappa shape index (κ2) is 12.7. The monoisotopic (exact) mass is 484 g/mol. The zero-order valence-electron chi connectivity index (χ0n) is 21.5. The second-order valence-corrected chi connectivity index (χ2v) is 10.9. The average Bonchev–Trinajstić information content (AvgIpc) is 2.85. The van der Waals surface area contributed by atoms with Gasteiger partial charge in [-0.3, -0.25) is 14.5 Å². The van der Waals surface area contributed by atoms with E-state index in [1.165, 1.54) is 24.9 Å². The number of likely N-dealkylation sites (tertiary alicyclic amines) is 2. The van der Waals surface area contributed by atoms with Crippen molar-refractivity contribution in [3.05, 3.63) is 29.8 Å². The number of benzene rings is 1. The van der Waals surface area contributed by atoms with Crippen molar-refractivity contribution < 1.29 is 14.3 Å². The Morgan fingerprint density at radius 2 is 1.97 bits per heavy atom. The average molecular weight is 485 g/mol. The molecular weight excluding hydrogens is 440 g/mol. The van der Waals surface area contributed by atoms with E-state index in [-0.39, 0.29) is 17.2 Å². The van der Waals surface area contributed by atoms with E-state index in [9.17, 15) is 9.59 Å². The molecule has 0 aromatic heterocycles. The summed E-state index contributed by atoms with van der Waals surface area (Å²) in [6.45, 7) is 6.15. The molecule has 7 heteroatoms. The Bertz CT molecular complexity index is 837. The Kier molecular flexibility index (Phi) is 9.44. The lowest BCUT2D eigenvalue weighted by Crippen LogP contribution is -2.51. The highest BCUT2D eigenvalue weighted by Crippen LogP contribution is 2.37. The first-order chi connectivity index (χ1) is 17.0. The van der Waals surface area contributed by atoms with Gasteiger partial charge in [0.1, 0.15) is 12.4 Å². The zero-order valence-corrected chi connectivity index (χ0v) is 21.5. The molecule has 4 rings (SSSR count). The maximum absolute atomic E-state index is 13.2. The van der Waals surface area contributed by atoms with Crippen LogP contribution in [0.2, 0.25) is 0 Å². The lowest BCUT2D eigenvalue weighted by atomic mass is 9.73. The summed E-state index contributed by atoms with van der Waals surface area (Å²) < 4.78 is 5.95. The molecule has 2 saturated heterocycles. The summed E-state index contributed by atoms with van der Waals surface area (Å²) >= 11 is 0. The van der Waals surface area contributed by atoms with Crippen LogP contribution in [0.1, 0.15) is 56.9 Å². The van der Waals surface area contributed by atoms with Crippen molar-refractivity contribution in [2.24, 2.45) is 11.3 Å². The summed E-state index contributed by atoms with van der Waals surface area (Å²) in [6.07, 6.45) is 9.21. The van der Waals surface area contributed by atoms with E-state index in [2.05, 4.69) is 39.6 Å². The molecule has 3 aliphatic heterocycles. The number of amides is 2. The third kappa shape index (κ3) is 7.43. The first kappa shape index (κ1) is 26.0. The van der Waals surface area contributed by atoms with Gasteiger partial charge in [0, 0.05) is 13.1 Å². The molecule has 1 atom stereocenters. The van der Waals surface area contributed by atoms with Gasteiger partial charge in [-0.25, -0.2) is 0 Å². The van der Waals surface area contributed by atoms with Crippen molar-refractivity contribution in [2.45, 2.75) is 57.8 Å². The number of carbonyl (C=O) groups is 2. The molecule has 1 aromatic rings. The number of aryl methyl sites for hydroxylation is 1. The van der Waals surface area contributed by atoms with E-state index >= 15 is 0 Å². The van der Waals surface area contributed by atoms with Crippen molar-refractivity contribution in [3.8, 4) is 5.75 Å². The first-order valence-electron chi connectivity index (χ1n) is 13.7. The molecule has 35 heavy (non-hydrogen) atoms. The largest absolute Gasteiger partial charge is 0.491 e. The summed E-state index contributed by atoms with van der Waals surface area (Å²) in [6, 6.07) is 8.23. The number of nitrogens with one attached hydrogen (secondary N) is 2. The van der Waals surface area contributed by atoms with Gasteiger partial charge in [0.25, 0.3) is 0 Å². The van der Waals surface area contributed by atoms with Crippen molar-refractivity contribution >= 4 is 11.8 Å². The number of piperidine rings is 2. The number of para-hydroxylation sites is 1. The SMILES string of the molecule is CN1CCCC(CCNC(=O)CN2CCC3(CCCCc4ccccc4OCCNC3=O)CC2)C1. The van der Waals surface area contributed by atoms with Gasteiger partial charge in [0.15, 0.2) is 0 Å². The number of fused-ring (bicyclic) bond motifs is 1. The van der Waals surface area contributed by atoms with E-state index in [1.807, 2.05) is 12.1 Å². The van der Waals surface area contributed by atoms with Crippen molar-refractivity contribution in [1.29, 1.82) is 0 Å². The third-order valence-electron chi connectivity index (χ3n) is 8.23. The molecule has 2 amide bonds. The number of carbonyl (C=O) groups excluding carboxylic acids is 2. The summed E-state index contributed by atoms with van der Waals surface area (Å²) in [5, 5.41) is 6.28. The molecule has 2 N–H and O–H groups in total. The minimum atomic E-state index is -0.321. The minimum absolute atomic E-state index is 0.115. The van der Waals surface area contributed by atoms with E-state index in [1.54, 1.807) is 0 Å². The molecule has 0 radical (unpaired) electrons. The number of nitrogens with zero attached hydrogens (tertiary/aromatic N) is 2. The Hall–Kier alpha value is -2.12. The Morgan fingerprint density at radius 1 is 1.14 bits per heavy atom. The normalized spacial score (nSPS) is 24.4. The predicted molar refractivity (Wildman–Crippen MR) is 138 cm³/mol. The lowest BCUT2D eigenvalue weighted by molar-refractivity contribution is -0.135. The van der Waals surface area contributed by atoms with E-state index in [0.29, 0.717) is 25.6 Å². The summed E-state index contributed by atoms with van der Waals surface area (Å²) in [7, 11) is 2.18. The quantitative estimate of drug-likeness (QED) is 0.672. The molecule has 3 heterocycles. The van der Waals surface area contributed by atoms with Gasteiger partial charge in [-0.1, -0.05) is 24.6 Å². The molecule has 0 saturated carbocycles. The second-order valence-electron chi connectivity index (χ2n) is 10.9. The van der Waals surface area contributed by atoms with Crippen LogP contribution < -0.4 is 15.4 Å². The smallest absolute Gasteiger partial charge is 0.234 e. The molecule has 194 valence electrons. The van der Waals surface area contributed by atoms with E-state index < -0.39 is 0 Å². The summed E-state index contributed by atoms with van der Waals surface area (Å²) in [5.74, 6) is 1.91. The fraction of sp³-hybridized carbons (Fsp3) is 0.714. The Labute approximate surface area is 210 Å². The van der Waals surface area contributed by atoms with Crippen LogP contribution in [0.25, 0.3) is 0 Å². The van der Waals surface area contributed by atoms with Crippen LogP contribution in [0.15, 0.2) is 24.3 Å². The van der Waals surface area contributed by atoms with Gasteiger partial charge in [0.2, 0.25) is 11.8 Å². The highest BCUT2D eigenvalue weighted by atomic mass is 16.5. The van der Waals surface area contributed by atoms with Crippen LogP contribution in [0, 0.1) is 11.3 Å². The molecular formula is C28H44N4O3. The van der Waals surface area contributed by atoms with Crippen LogP contribution in [0.4, 0.5) is 0 Å². The number of ether oxygens (including phenoxy) is 1. The Morgan fingerprint density at radius 3 is 2.80 bits per heavy atom. The molecule has 0 bridgehead atoms. The molecule has 1 spiro atoms. The third-order valence-corrected chi connectivity index (χ3v) is 8.23. The summed E-state index contributed by atoms with van der Waals surface area (Å²) in [4.78, 5) is 30.4. The number of hydrogen-bond donors (Lipinski definition) is 2. The highest BCUT2D eigenvalue weighted by molar-refractivity contribution is 5.83. The molecule has 3 aliphatic rings. The maximum atomic E-state index is 13.2. The van der Waals surface area contributed by atoms with Crippen LogP contribution in [-0.2, 0) is 16.0 Å². The van der Waals surface area contributed by atoms with E-state index in [0.717, 1.165) is 76.9 Å². The first-order valence-corrected chi connectivity index (χ1v) is 13.7. The molecule has 0 aliphatic carbocycles. The fourth-order valence-corrected chi connectivity index (χ4v) is 6.06.